The van der Waals surface area contributed by atoms with Gasteiger partial charge in [0.15, 0.2) is 48.2 Å². The van der Waals surface area contributed by atoms with Crippen molar-refractivity contribution in [3.8, 4) is 58.7 Å². The van der Waals surface area contributed by atoms with Crippen molar-refractivity contribution in [1.82, 2.24) is 10.3 Å². The normalized spacial score (nSPS) is 21.8. The average molecular weight is 1070 g/mol. The van der Waals surface area contributed by atoms with Crippen molar-refractivity contribution >= 4 is 48.9 Å². The number of amides is 1. The summed E-state index contributed by atoms with van der Waals surface area (Å²) in [6, 6.07) is 13.8. The first-order chi connectivity index (χ1) is 35.5. The molecule has 1 aromatic heterocycles. The van der Waals surface area contributed by atoms with Crippen LogP contribution >= 0.6 is 11.6 Å². The van der Waals surface area contributed by atoms with Crippen molar-refractivity contribution in [2.75, 3.05) is 41.3 Å². The van der Waals surface area contributed by atoms with Gasteiger partial charge in [-0.15, -0.1) is 12.3 Å². The molecular weight excluding hydrogens is 1000 g/mol. The minimum atomic E-state index is -2.81. The maximum Gasteiger partial charge on any atom is 0.308 e. The molecule has 1 amide bonds. The minimum absolute atomic E-state index is 0.00614. The van der Waals surface area contributed by atoms with Crippen LogP contribution in [0.5, 0.6) is 34.5 Å². The Morgan fingerprint density at radius 3 is 2.39 bits per heavy atom. The number of hydrogen-bond acceptors (Lipinski definition) is 16. The number of terminal acetylenes is 1. The third-order valence-corrected chi connectivity index (χ3v) is 17.7. The number of nitrogens with zero attached hydrogens (tertiary/aromatic N) is 1. The zero-order chi connectivity index (χ0) is 54.9. The molecule has 6 atom stereocenters. The van der Waals surface area contributed by atoms with E-state index in [2.05, 4.69) is 34.6 Å². The van der Waals surface area contributed by atoms with Crippen LogP contribution in [-0.2, 0) is 34.8 Å². The number of esters is 1. The highest BCUT2D eigenvalue weighted by Gasteiger charge is 2.55. The number of ether oxygens (including phenoxy) is 9. The van der Waals surface area contributed by atoms with Crippen LogP contribution < -0.4 is 33.7 Å². The lowest BCUT2D eigenvalue weighted by atomic mass is 9.90. The second kappa shape index (κ2) is 24.4. The molecule has 0 saturated carbocycles. The number of aliphatic hydroxyl groups is 2. The predicted molar refractivity (Wildman–Crippen MR) is 283 cm³/mol. The molecule has 75 heavy (non-hydrogen) atoms. The Morgan fingerprint density at radius 1 is 1.07 bits per heavy atom. The molecule has 0 unspecified atom stereocenters. The fourth-order valence-corrected chi connectivity index (χ4v) is 9.48. The summed E-state index contributed by atoms with van der Waals surface area (Å²) >= 11 is 6.90. The van der Waals surface area contributed by atoms with E-state index in [0.29, 0.717) is 34.3 Å². The van der Waals surface area contributed by atoms with E-state index >= 15 is 0 Å². The number of methoxy groups -OCH3 is 3. The van der Waals surface area contributed by atoms with Gasteiger partial charge in [0.25, 0.3) is 5.91 Å². The van der Waals surface area contributed by atoms with Crippen LogP contribution in [0.1, 0.15) is 75.1 Å². The number of benzene rings is 3. The van der Waals surface area contributed by atoms with Gasteiger partial charge in [0.2, 0.25) is 5.75 Å². The van der Waals surface area contributed by atoms with Crippen LogP contribution in [0.3, 0.4) is 0 Å². The number of pyridine rings is 1. The van der Waals surface area contributed by atoms with Gasteiger partial charge in [-0.2, -0.15) is 0 Å². The first-order valence-electron chi connectivity index (χ1n) is 24.1. The summed E-state index contributed by atoms with van der Waals surface area (Å²) in [6.45, 7) is 16.4. The number of halogens is 1. The Bertz CT molecular complexity index is 2880. The molecule has 17 nitrogen and oxygen atoms in total. The number of rotatable bonds is 19. The average Bonchev–Trinajstić information content (AvgIpc) is 3.62. The molecule has 7 rings (SSSR count). The monoisotopic (exact) mass is 1070 g/mol. The molecular formula is C56H65ClN2O15Si. The van der Waals surface area contributed by atoms with Gasteiger partial charge < -0.3 is 62.6 Å². The van der Waals surface area contributed by atoms with Crippen LogP contribution in [-0.4, -0.2) is 119 Å². The Balaban J connectivity index is 1.45. The van der Waals surface area contributed by atoms with E-state index in [1.54, 1.807) is 49.6 Å². The molecule has 19 heteroatoms. The van der Waals surface area contributed by atoms with Gasteiger partial charge in [-0.1, -0.05) is 69.0 Å². The van der Waals surface area contributed by atoms with E-state index in [1.807, 2.05) is 47.7 Å². The van der Waals surface area contributed by atoms with Gasteiger partial charge in [0.05, 0.1) is 64.2 Å². The van der Waals surface area contributed by atoms with Gasteiger partial charge in [0, 0.05) is 11.0 Å². The largest absolute Gasteiger partial charge is 0.497 e. The van der Waals surface area contributed by atoms with Crippen molar-refractivity contribution in [3.05, 3.63) is 101 Å². The van der Waals surface area contributed by atoms with E-state index in [9.17, 15) is 24.6 Å². The number of fused-ring (bicyclic) bond motifs is 10. The Morgan fingerprint density at radius 2 is 1.77 bits per heavy atom. The smallest absolute Gasteiger partial charge is 0.308 e. The van der Waals surface area contributed by atoms with Crippen molar-refractivity contribution in [2.24, 2.45) is 0 Å². The van der Waals surface area contributed by atoms with E-state index in [4.69, 9.17) is 65.1 Å². The zero-order valence-corrected chi connectivity index (χ0v) is 45.6. The fraction of sp³-hybridized carbons (Fsp3) is 0.429. The van der Waals surface area contributed by atoms with E-state index in [-0.39, 0.29) is 58.5 Å². The van der Waals surface area contributed by atoms with Crippen LogP contribution in [0.4, 0.5) is 0 Å². The molecule has 1 aliphatic carbocycles. The molecule has 0 spiro atoms. The second-order valence-electron chi connectivity index (χ2n) is 19.6. The van der Waals surface area contributed by atoms with Crippen molar-refractivity contribution in [2.45, 2.75) is 114 Å². The van der Waals surface area contributed by atoms with E-state index < -0.39 is 87.0 Å². The summed E-state index contributed by atoms with van der Waals surface area (Å²) in [5, 5.41) is 28.1. The number of hydrogen-bond donors (Lipinski definition) is 3. The number of aromatic nitrogens is 1. The molecule has 400 valence electrons. The highest BCUT2D eigenvalue weighted by molar-refractivity contribution is 6.74. The van der Waals surface area contributed by atoms with Crippen LogP contribution in [0.2, 0.25) is 23.3 Å². The third-order valence-electron chi connectivity index (χ3n) is 13.0. The van der Waals surface area contributed by atoms with Gasteiger partial charge in [0.1, 0.15) is 49.8 Å². The number of aldehydes is 1. The minimum Gasteiger partial charge on any atom is -0.497 e. The van der Waals surface area contributed by atoms with Crippen LogP contribution in [0.15, 0.2) is 78.9 Å². The van der Waals surface area contributed by atoms with Crippen molar-refractivity contribution < 1.29 is 71.7 Å². The molecule has 3 N–H and O–H groups in total. The lowest BCUT2D eigenvalue weighted by molar-refractivity contribution is -0.175. The topological polar surface area (TPSA) is 209 Å². The zero-order valence-electron chi connectivity index (χ0n) is 43.9. The van der Waals surface area contributed by atoms with Crippen LogP contribution in [0.25, 0.3) is 10.8 Å². The predicted octanol–water partition coefficient (Wildman–Crippen LogP) is 8.01. The SMILES string of the molecule is C#CC[C@@]1(O)C#CC2=C[C@H](Oc3ccc(nc3Cl)[C@H](NC(=O)c3cc4c(OC)c(OC)c(OC(C)C)cc4cc3OCC=C)CC(=O)OC[C@H]1OCOCc1ccc(OC)cc1)[C@@H](O[Si](C)(C)C(C)(C)C)[C@]2(O)C=O. The van der Waals surface area contributed by atoms with Gasteiger partial charge in [-0.25, -0.2) is 4.98 Å². The quantitative estimate of drug-likeness (QED) is 0.0119. The van der Waals surface area contributed by atoms with Crippen molar-refractivity contribution in [3.63, 3.8) is 0 Å². The van der Waals surface area contributed by atoms with Gasteiger partial charge in [-0.05, 0) is 91.5 Å². The molecule has 2 aliphatic heterocycles. The van der Waals surface area contributed by atoms with Gasteiger partial charge >= 0.3 is 5.97 Å². The van der Waals surface area contributed by atoms with Gasteiger partial charge in [-0.3, -0.25) is 14.4 Å². The highest BCUT2D eigenvalue weighted by atomic mass is 35.5. The maximum atomic E-state index is 14.8. The lowest BCUT2D eigenvalue weighted by Crippen LogP contribution is -2.56. The number of nitrogens with one attached hydrogen (secondary N) is 1. The summed E-state index contributed by atoms with van der Waals surface area (Å²) in [6.07, 6.45) is 3.75. The maximum absolute atomic E-state index is 14.8. The van der Waals surface area contributed by atoms with E-state index in [0.717, 1.165) is 5.56 Å². The first kappa shape index (κ1) is 57.7. The summed E-state index contributed by atoms with van der Waals surface area (Å²) in [4.78, 5) is 46.7. The summed E-state index contributed by atoms with van der Waals surface area (Å²) in [7, 11) is 1.68. The number of carbonyl (C=O) groups excluding carboxylic acids is 3. The summed E-state index contributed by atoms with van der Waals surface area (Å²) < 4.78 is 59.8. The molecule has 0 radical (unpaired) electrons. The standard InChI is InChI=1S/C56H65ClN2O15Si/c1-13-22-55(63)23-21-37-27-46(51(56(37,64)32-60)74-75(11,12)54(5,6)7)73-43-20-19-41(58-52(43)57)42(29-48(61)70-31-47(55)71-33-68-30-35-15-17-38(65-8)18-16-35)59-53(62)40-28-39-36(25-44(40)69-24-14-2)26-45(72-34(3)4)50(67-10)49(39)66-9/h1,14-20,25-28,32,34,42,46-47,51,63-64H,2,22,24,29-31,33H2,3-12H3,(H,59,62)/t42-,46+,47-,51-,55-,56+/m1/s1. The molecule has 3 aromatic carbocycles. The Hall–Kier alpha value is -6.61. The Labute approximate surface area is 443 Å². The summed E-state index contributed by atoms with van der Waals surface area (Å²) in [5.41, 5.74) is -3.99. The molecule has 3 heterocycles. The fourth-order valence-electron chi connectivity index (χ4n) is 7.97. The summed E-state index contributed by atoms with van der Waals surface area (Å²) in [5.74, 6) is 8.10. The number of carbonyl (C=O) groups is 3. The van der Waals surface area contributed by atoms with Crippen LogP contribution in [0, 0.1) is 24.2 Å². The molecule has 4 aromatic rings. The lowest BCUT2D eigenvalue weighted by Gasteiger charge is -2.42. The molecule has 4 bridgehead atoms. The molecule has 0 fully saturated rings. The second-order valence-corrected chi connectivity index (χ2v) is 24.8. The molecule has 3 aliphatic rings. The van der Waals surface area contributed by atoms with Crippen molar-refractivity contribution in [1.29, 1.82) is 0 Å². The molecule has 0 saturated heterocycles. The van der Waals surface area contributed by atoms with E-state index in [1.165, 1.54) is 38.5 Å². The Kier molecular flexibility index (Phi) is 18.7. The highest BCUT2D eigenvalue weighted by Crippen LogP contribution is 2.47. The first-order valence-corrected chi connectivity index (χ1v) is 27.4. The third kappa shape index (κ3) is 13.3.